The van der Waals surface area contributed by atoms with Crippen LogP contribution in [0.25, 0.3) is 0 Å². The van der Waals surface area contributed by atoms with Crippen molar-refractivity contribution in [1.82, 2.24) is 10.0 Å². The minimum atomic E-state index is -3.03. The van der Waals surface area contributed by atoms with Gasteiger partial charge in [-0.2, -0.15) is 0 Å². The highest BCUT2D eigenvalue weighted by molar-refractivity contribution is 7.89. The van der Waals surface area contributed by atoms with Gasteiger partial charge in [0, 0.05) is 12.6 Å². The van der Waals surface area contributed by atoms with Crippen LogP contribution in [0.2, 0.25) is 0 Å². The maximum absolute atomic E-state index is 11.7. The summed E-state index contributed by atoms with van der Waals surface area (Å²) in [5.74, 6) is 1.000. The van der Waals surface area contributed by atoms with Crippen molar-refractivity contribution in [2.75, 3.05) is 18.8 Å². The van der Waals surface area contributed by atoms with Gasteiger partial charge in [-0.15, -0.1) is 12.4 Å². The maximum Gasteiger partial charge on any atom is 0.211 e. The van der Waals surface area contributed by atoms with Gasteiger partial charge in [-0.3, -0.25) is 0 Å². The Labute approximate surface area is 104 Å². The molecule has 2 N–H and O–H groups in total. The predicted octanol–water partition coefficient (Wildman–Crippen LogP) is 0.880. The van der Waals surface area contributed by atoms with E-state index in [-0.39, 0.29) is 18.4 Å². The van der Waals surface area contributed by atoms with Crippen LogP contribution in [0.5, 0.6) is 0 Å². The fourth-order valence-corrected chi connectivity index (χ4v) is 3.46. The Balaban J connectivity index is 0.00000128. The third kappa shape index (κ3) is 4.99. The van der Waals surface area contributed by atoms with Crippen molar-refractivity contribution in [2.45, 2.75) is 38.1 Å². The van der Waals surface area contributed by atoms with Crippen molar-refractivity contribution in [3.8, 4) is 0 Å². The van der Waals surface area contributed by atoms with Crippen molar-refractivity contribution >= 4 is 22.4 Å². The number of nitrogens with one attached hydrogen (secondary N) is 2. The van der Waals surface area contributed by atoms with Crippen molar-refractivity contribution in [3.05, 3.63) is 0 Å². The predicted molar refractivity (Wildman–Crippen MR) is 67.4 cm³/mol. The van der Waals surface area contributed by atoms with Gasteiger partial charge < -0.3 is 5.32 Å². The van der Waals surface area contributed by atoms with Gasteiger partial charge >= 0.3 is 0 Å². The molecule has 2 rings (SSSR count). The van der Waals surface area contributed by atoms with Crippen LogP contribution in [0.15, 0.2) is 0 Å². The number of hydrogen-bond acceptors (Lipinski definition) is 3. The van der Waals surface area contributed by atoms with Crippen LogP contribution in [0.1, 0.15) is 32.1 Å². The van der Waals surface area contributed by atoms with Crippen LogP contribution in [0.4, 0.5) is 0 Å². The summed E-state index contributed by atoms with van der Waals surface area (Å²) in [5.41, 5.74) is 0. The molecule has 96 valence electrons. The van der Waals surface area contributed by atoms with Gasteiger partial charge in [0.25, 0.3) is 0 Å². The summed E-state index contributed by atoms with van der Waals surface area (Å²) >= 11 is 0. The lowest BCUT2D eigenvalue weighted by molar-refractivity contribution is 0.428. The van der Waals surface area contributed by atoms with Gasteiger partial charge in [-0.25, -0.2) is 13.1 Å². The molecule has 4 nitrogen and oxygen atoms in total. The normalized spacial score (nSPS) is 26.1. The van der Waals surface area contributed by atoms with E-state index in [0.29, 0.717) is 11.7 Å². The Hall–Kier alpha value is 0.160. The fourth-order valence-electron chi connectivity index (χ4n) is 1.99. The Morgan fingerprint density at radius 1 is 1.25 bits per heavy atom. The lowest BCUT2D eigenvalue weighted by atomic mass is 10.1. The van der Waals surface area contributed by atoms with Crippen LogP contribution in [-0.2, 0) is 10.0 Å². The van der Waals surface area contributed by atoms with Crippen LogP contribution in [0, 0.1) is 5.92 Å². The second-order valence-corrected chi connectivity index (χ2v) is 6.59. The van der Waals surface area contributed by atoms with E-state index in [9.17, 15) is 8.42 Å². The highest BCUT2D eigenvalue weighted by atomic mass is 35.5. The van der Waals surface area contributed by atoms with Crippen molar-refractivity contribution in [3.63, 3.8) is 0 Å². The monoisotopic (exact) mass is 268 g/mol. The van der Waals surface area contributed by atoms with Gasteiger partial charge in [0.2, 0.25) is 10.0 Å². The number of hydrogen-bond donors (Lipinski definition) is 2. The SMILES string of the molecule is Cl.O=S(=O)(CCC1CC1)NC1CCCNC1. The molecule has 16 heavy (non-hydrogen) atoms. The molecule has 1 heterocycles. The van der Waals surface area contributed by atoms with Gasteiger partial charge in [-0.1, -0.05) is 12.8 Å². The molecular formula is C10H21ClN2O2S. The lowest BCUT2D eigenvalue weighted by Crippen LogP contribution is -2.46. The second kappa shape index (κ2) is 6.19. The zero-order chi connectivity index (χ0) is 10.7. The highest BCUT2D eigenvalue weighted by Gasteiger charge is 2.25. The minimum Gasteiger partial charge on any atom is -0.315 e. The Morgan fingerprint density at radius 3 is 2.56 bits per heavy atom. The first kappa shape index (κ1) is 14.2. The van der Waals surface area contributed by atoms with Crippen LogP contribution in [-0.4, -0.2) is 33.3 Å². The largest absolute Gasteiger partial charge is 0.315 e. The van der Waals surface area contributed by atoms with E-state index in [1.807, 2.05) is 0 Å². The zero-order valence-corrected chi connectivity index (χ0v) is 11.1. The Kier molecular flexibility index (Phi) is 5.50. The van der Waals surface area contributed by atoms with Gasteiger partial charge in [0.05, 0.1) is 5.75 Å². The quantitative estimate of drug-likeness (QED) is 0.778. The van der Waals surface area contributed by atoms with Crippen LogP contribution in [0.3, 0.4) is 0 Å². The Bertz CT molecular complexity index is 298. The molecule has 6 heteroatoms. The van der Waals surface area contributed by atoms with Crippen LogP contribution < -0.4 is 10.0 Å². The van der Waals surface area contributed by atoms with E-state index >= 15 is 0 Å². The molecule has 0 aromatic carbocycles. The van der Waals surface area contributed by atoms with Gasteiger partial charge in [0.1, 0.15) is 0 Å². The smallest absolute Gasteiger partial charge is 0.211 e. The molecule has 2 aliphatic rings. The minimum absolute atomic E-state index is 0. The number of rotatable bonds is 5. The van der Waals surface area contributed by atoms with Crippen molar-refractivity contribution < 1.29 is 8.42 Å². The molecule has 2 fully saturated rings. The first-order valence-electron chi connectivity index (χ1n) is 5.86. The summed E-state index contributed by atoms with van der Waals surface area (Å²) in [5, 5.41) is 3.21. The molecule has 1 atom stereocenters. The third-order valence-electron chi connectivity index (χ3n) is 3.13. The summed E-state index contributed by atoms with van der Waals surface area (Å²) in [7, 11) is -3.03. The molecule has 0 aromatic heterocycles. The average molecular weight is 269 g/mol. The van der Waals surface area contributed by atoms with E-state index in [1.165, 1.54) is 12.8 Å². The van der Waals surface area contributed by atoms with Crippen molar-refractivity contribution in [2.24, 2.45) is 5.92 Å². The summed E-state index contributed by atoms with van der Waals surface area (Å²) in [6.45, 7) is 1.79. The molecule has 0 amide bonds. The molecule has 0 radical (unpaired) electrons. The summed E-state index contributed by atoms with van der Waals surface area (Å²) in [6.07, 6.45) is 5.32. The van der Waals surface area contributed by atoms with E-state index in [2.05, 4.69) is 10.0 Å². The molecule has 0 spiro atoms. The van der Waals surface area contributed by atoms with E-state index in [0.717, 1.165) is 32.4 Å². The lowest BCUT2D eigenvalue weighted by Gasteiger charge is -2.23. The molecule has 1 saturated carbocycles. The fraction of sp³-hybridized carbons (Fsp3) is 1.00. The van der Waals surface area contributed by atoms with Gasteiger partial charge in [-0.05, 0) is 31.7 Å². The van der Waals surface area contributed by atoms with Crippen LogP contribution >= 0.6 is 12.4 Å². The summed E-state index contributed by atoms with van der Waals surface area (Å²) in [4.78, 5) is 0. The molecule has 1 saturated heterocycles. The molecule has 1 aliphatic carbocycles. The second-order valence-electron chi connectivity index (χ2n) is 4.71. The molecule has 1 aliphatic heterocycles. The molecule has 0 aromatic rings. The topological polar surface area (TPSA) is 58.2 Å². The number of halogens is 1. The number of piperidine rings is 1. The maximum atomic E-state index is 11.7. The summed E-state index contributed by atoms with van der Waals surface area (Å²) in [6, 6.07) is 0.114. The highest BCUT2D eigenvalue weighted by Crippen LogP contribution is 2.32. The molecule has 1 unspecified atom stereocenters. The Morgan fingerprint density at radius 2 is 2.00 bits per heavy atom. The number of sulfonamides is 1. The first-order valence-corrected chi connectivity index (χ1v) is 7.52. The van der Waals surface area contributed by atoms with E-state index in [4.69, 9.17) is 0 Å². The van der Waals surface area contributed by atoms with E-state index in [1.54, 1.807) is 0 Å². The van der Waals surface area contributed by atoms with Crippen molar-refractivity contribution in [1.29, 1.82) is 0 Å². The van der Waals surface area contributed by atoms with Gasteiger partial charge in [0.15, 0.2) is 0 Å². The zero-order valence-electron chi connectivity index (χ0n) is 9.44. The third-order valence-corrected chi connectivity index (χ3v) is 4.60. The summed E-state index contributed by atoms with van der Waals surface area (Å²) < 4.78 is 26.2. The standard InChI is InChI=1S/C10H20N2O2S.ClH/c13-15(14,7-5-9-3-4-9)12-10-2-1-6-11-8-10;/h9-12H,1-8H2;1H. The molecule has 0 bridgehead atoms. The first-order chi connectivity index (χ1) is 7.16. The molecular weight excluding hydrogens is 248 g/mol. The average Bonchev–Trinajstić information content (AvgIpc) is 2.99. The van der Waals surface area contributed by atoms with E-state index < -0.39 is 10.0 Å².